The lowest BCUT2D eigenvalue weighted by molar-refractivity contribution is -0.144. The number of nitriles is 1. The minimum atomic E-state index is -0.976. The molecule has 2 aromatic rings. The van der Waals surface area contributed by atoms with Crippen LogP contribution >= 0.6 is 0 Å². The summed E-state index contributed by atoms with van der Waals surface area (Å²) in [7, 11) is 0. The van der Waals surface area contributed by atoms with E-state index in [-0.39, 0.29) is 46.8 Å². The molecule has 3 aliphatic rings. The molecular weight excluding hydrogens is 496 g/mol. The predicted octanol–water partition coefficient (Wildman–Crippen LogP) is 2.36. The molecule has 6 atom stereocenters. The highest BCUT2D eigenvalue weighted by Gasteiger charge is 2.69. The zero-order chi connectivity index (χ0) is 27.9. The first-order chi connectivity index (χ1) is 18.6. The molecule has 0 spiro atoms. The summed E-state index contributed by atoms with van der Waals surface area (Å²) in [5, 5.41) is 16.6. The summed E-state index contributed by atoms with van der Waals surface area (Å²) >= 11 is 0. The van der Waals surface area contributed by atoms with Gasteiger partial charge in [0.15, 0.2) is 0 Å². The summed E-state index contributed by atoms with van der Waals surface area (Å²) in [5.41, 5.74) is 1.01. The molecule has 1 aliphatic carbocycles. The number of piperidine rings is 1. The second-order valence-corrected chi connectivity index (χ2v) is 12.0. The number of carbonyl (C=O) groups excluding carboxylic acids is 3. The van der Waals surface area contributed by atoms with E-state index in [1.54, 1.807) is 29.6 Å². The molecule has 4 heterocycles. The third kappa shape index (κ3) is 5.08. The van der Waals surface area contributed by atoms with Crippen LogP contribution in [0.3, 0.4) is 0 Å². The average Bonchev–Trinajstić information content (AvgIpc) is 3.34. The van der Waals surface area contributed by atoms with Crippen molar-refractivity contribution in [2.45, 2.75) is 58.7 Å². The molecule has 10 heteroatoms. The average molecular weight is 533 g/mol. The molecule has 1 saturated carbocycles. The Morgan fingerprint density at radius 3 is 2.74 bits per heavy atom. The van der Waals surface area contributed by atoms with E-state index in [0.717, 1.165) is 11.8 Å². The highest BCUT2D eigenvalue weighted by atomic mass is 16.5. The topological polar surface area (TPSA) is 137 Å². The number of likely N-dealkylation sites (tertiary alicyclic amines) is 1. The Morgan fingerprint density at radius 2 is 2.05 bits per heavy atom. The molecule has 0 radical (unpaired) electrons. The number of ether oxygens (including phenoxy) is 1. The highest BCUT2D eigenvalue weighted by Crippen LogP contribution is 2.65. The van der Waals surface area contributed by atoms with Crippen molar-refractivity contribution in [3.63, 3.8) is 0 Å². The van der Waals surface area contributed by atoms with Crippen LogP contribution in [0.15, 0.2) is 30.7 Å². The maximum absolute atomic E-state index is 13.9. The Hall–Kier alpha value is -3.58. The Bertz CT molecular complexity index is 1310. The second-order valence-electron chi connectivity index (χ2n) is 12.0. The summed E-state index contributed by atoms with van der Waals surface area (Å²) in [6.45, 7) is 9.66. The zero-order valence-corrected chi connectivity index (χ0v) is 22.9. The van der Waals surface area contributed by atoms with Gasteiger partial charge in [0.25, 0.3) is 0 Å². The monoisotopic (exact) mass is 532 g/mol. The fraction of sp³-hybridized carbons (Fsp3) is 0.586. The van der Waals surface area contributed by atoms with Gasteiger partial charge in [-0.15, -0.1) is 0 Å². The first-order valence-electron chi connectivity index (χ1n) is 13.7. The van der Waals surface area contributed by atoms with E-state index in [0.29, 0.717) is 37.3 Å². The van der Waals surface area contributed by atoms with Gasteiger partial charge in [-0.25, -0.2) is 0 Å². The van der Waals surface area contributed by atoms with Gasteiger partial charge in [0.1, 0.15) is 18.1 Å². The standard InChI is InChI=1S/C29H36N6O4/c1-16(2)24(34-22(36)10-17-7-9-39-15-17)28(38)35-14-20-23(29(20,3)4)26(35)27(37)33-21(11-30)19-13-31-12-18-6-5-8-32-25(18)19/h5-6,8,12-13,16-17,20-21,23-24,26H,7,9-10,14-15H2,1-4H3,(H,33,37)(H,34,36)/t17?,20?,21?,23?,24-,26?/m0/s1. The lowest BCUT2D eigenvalue weighted by atomic mass is 9.96. The van der Waals surface area contributed by atoms with Crippen LogP contribution in [-0.4, -0.2) is 64.4 Å². The van der Waals surface area contributed by atoms with Crippen LogP contribution in [-0.2, 0) is 19.1 Å². The van der Waals surface area contributed by atoms with Crippen LogP contribution in [0.1, 0.15) is 52.1 Å². The number of hydrogen-bond acceptors (Lipinski definition) is 7. The van der Waals surface area contributed by atoms with Crippen LogP contribution in [0.25, 0.3) is 10.9 Å². The fourth-order valence-corrected chi connectivity index (χ4v) is 6.38. The van der Waals surface area contributed by atoms with E-state index >= 15 is 0 Å². The van der Waals surface area contributed by atoms with Crippen LogP contribution in [0, 0.1) is 40.4 Å². The number of aromatic nitrogens is 2. The first-order valence-corrected chi connectivity index (χ1v) is 13.7. The van der Waals surface area contributed by atoms with Crippen molar-refractivity contribution in [1.29, 1.82) is 5.26 Å². The van der Waals surface area contributed by atoms with Gasteiger partial charge in [-0.2, -0.15) is 5.26 Å². The molecule has 206 valence electrons. The molecule has 2 saturated heterocycles. The van der Waals surface area contributed by atoms with E-state index in [4.69, 9.17) is 4.74 Å². The third-order valence-electron chi connectivity index (χ3n) is 8.77. The quantitative estimate of drug-likeness (QED) is 0.532. The largest absolute Gasteiger partial charge is 0.381 e. The Kier molecular flexibility index (Phi) is 7.29. The number of pyridine rings is 2. The van der Waals surface area contributed by atoms with Crippen LogP contribution < -0.4 is 10.6 Å². The van der Waals surface area contributed by atoms with Gasteiger partial charge >= 0.3 is 0 Å². The maximum atomic E-state index is 13.9. The van der Waals surface area contributed by atoms with Crippen molar-refractivity contribution in [1.82, 2.24) is 25.5 Å². The predicted molar refractivity (Wildman–Crippen MR) is 143 cm³/mol. The molecule has 39 heavy (non-hydrogen) atoms. The summed E-state index contributed by atoms with van der Waals surface area (Å²) in [6, 6.07) is 3.37. The molecule has 2 N–H and O–H groups in total. The number of amides is 3. The lowest BCUT2D eigenvalue weighted by Gasteiger charge is -2.34. The summed E-state index contributed by atoms with van der Waals surface area (Å²) < 4.78 is 5.38. The SMILES string of the molecule is CC(C)[C@H](NC(=O)CC1CCOC1)C(=O)N1CC2C(C1C(=O)NC(C#N)c1cncc3cccnc13)C2(C)C. The summed E-state index contributed by atoms with van der Waals surface area (Å²) in [6.07, 6.45) is 6.00. The minimum Gasteiger partial charge on any atom is -0.381 e. The van der Waals surface area contributed by atoms with Crippen molar-refractivity contribution in [3.8, 4) is 6.07 Å². The zero-order valence-electron chi connectivity index (χ0n) is 22.9. The minimum absolute atomic E-state index is 0.0243. The number of hydrogen-bond donors (Lipinski definition) is 2. The maximum Gasteiger partial charge on any atom is 0.246 e. The van der Waals surface area contributed by atoms with E-state index in [1.807, 2.05) is 19.9 Å². The Balaban J connectivity index is 1.35. The molecule has 3 fully saturated rings. The van der Waals surface area contributed by atoms with Crippen molar-refractivity contribution in [3.05, 3.63) is 36.3 Å². The molecule has 0 aromatic carbocycles. The molecule has 2 aliphatic heterocycles. The van der Waals surface area contributed by atoms with Crippen LogP contribution in [0.5, 0.6) is 0 Å². The van der Waals surface area contributed by atoms with Gasteiger partial charge < -0.3 is 20.3 Å². The normalized spacial score (nSPS) is 26.5. The van der Waals surface area contributed by atoms with Gasteiger partial charge in [-0.05, 0) is 47.6 Å². The molecule has 5 rings (SSSR count). The molecule has 10 nitrogen and oxygen atoms in total. The van der Waals surface area contributed by atoms with Crippen molar-refractivity contribution in [2.75, 3.05) is 19.8 Å². The van der Waals surface area contributed by atoms with Gasteiger partial charge in [-0.1, -0.05) is 27.7 Å². The number of fused-ring (bicyclic) bond motifs is 2. The van der Waals surface area contributed by atoms with E-state index in [9.17, 15) is 19.6 Å². The molecular formula is C29H36N6O4. The second kappa shape index (κ2) is 10.5. The highest BCUT2D eigenvalue weighted by molar-refractivity contribution is 5.94. The fourth-order valence-electron chi connectivity index (χ4n) is 6.38. The van der Waals surface area contributed by atoms with Gasteiger partial charge in [0.05, 0.1) is 11.6 Å². The van der Waals surface area contributed by atoms with Crippen molar-refractivity contribution >= 4 is 28.6 Å². The molecule has 5 unspecified atom stereocenters. The number of rotatable bonds is 8. The van der Waals surface area contributed by atoms with Gasteiger partial charge in [0.2, 0.25) is 17.7 Å². The molecule has 3 amide bonds. The van der Waals surface area contributed by atoms with Crippen molar-refractivity contribution in [2.24, 2.45) is 29.1 Å². The molecule has 2 aromatic heterocycles. The summed E-state index contributed by atoms with van der Waals surface area (Å²) in [5.74, 6) is -0.656. The number of nitrogens with zero attached hydrogens (tertiary/aromatic N) is 4. The van der Waals surface area contributed by atoms with Crippen molar-refractivity contribution < 1.29 is 19.1 Å². The summed E-state index contributed by atoms with van der Waals surface area (Å²) in [4.78, 5) is 50.7. The first kappa shape index (κ1) is 27.0. The Morgan fingerprint density at radius 1 is 1.26 bits per heavy atom. The number of carbonyl (C=O) groups is 3. The van der Waals surface area contributed by atoms with E-state index < -0.39 is 18.1 Å². The lowest BCUT2D eigenvalue weighted by Crippen LogP contribution is -2.57. The van der Waals surface area contributed by atoms with Crippen LogP contribution in [0.2, 0.25) is 0 Å². The van der Waals surface area contributed by atoms with Gasteiger partial charge in [0, 0.05) is 55.7 Å². The third-order valence-corrected chi connectivity index (χ3v) is 8.77. The number of nitrogens with one attached hydrogen (secondary N) is 2. The Labute approximate surface area is 228 Å². The van der Waals surface area contributed by atoms with E-state index in [1.165, 1.54) is 0 Å². The smallest absolute Gasteiger partial charge is 0.246 e. The van der Waals surface area contributed by atoms with Gasteiger partial charge in [-0.3, -0.25) is 24.4 Å². The van der Waals surface area contributed by atoms with Crippen LogP contribution in [0.4, 0.5) is 0 Å². The van der Waals surface area contributed by atoms with E-state index in [2.05, 4.69) is 40.5 Å². The molecule has 0 bridgehead atoms.